The van der Waals surface area contributed by atoms with Crippen LogP contribution in [0.15, 0.2) is 0 Å². The number of nitrogens with two attached hydrogens (primary N) is 1. The minimum absolute atomic E-state index is 0.248. The van der Waals surface area contributed by atoms with Crippen molar-refractivity contribution < 1.29 is 4.79 Å². The molecule has 4 nitrogen and oxygen atoms in total. The van der Waals surface area contributed by atoms with Crippen molar-refractivity contribution in [3.8, 4) is 0 Å². The van der Waals surface area contributed by atoms with Gasteiger partial charge in [0, 0.05) is 12.1 Å². The topological polar surface area (TPSA) is 67.2 Å². The lowest BCUT2D eigenvalue weighted by atomic mass is 9.88. The fourth-order valence-electron chi connectivity index (χ4n) is 3.20. The summed E-state index contributed by atoms with van der Waals surface area (Å²) in [6, 6.07) is 1.14. The predicted octanol–water partition coefficient (Wildman–Crippen LogP) is 0.372. The maximum atomic E-state index is 10.8. The van der Waals surface area contributed by atoms with Crippen LogP contribution in [0.25, 0.3) is 0 Å². The SMILES string of the molecule is NC(=O)CNC1CCCC1C1CCCCN1. The number of carbonyl (C=O) groups excluding carboxylic acids is 1. The van der Waals surface area contributed by atoms with Crippen LogP contribution in [-0.4, -0.2) is 31.1 Å². The summed E-state index contributed by atoms with van der Waals surface area (Å²) in [5.74, 6) is 0.446. The first-order valence-corrected chi connectivity index (χ1v) is 6.52. The number of piperidine rings is 1. The Balaban J connectivity index is 1.84. The molecule has 2 aliphatic rings. The highest BCUT2D eigenvalue weighted by atomic mass is 16.1. The highest BCUT2D eigenvalue weighted by Crippen LogP contribution is 2.31. The average Bonchev–Trinajstić information content (AvgIpc) is 2.75. The molecule has 4 heteroatoms. The lowest BCUT2D eigenvalue weighted by molar-refractivity contribution is -0.117. The van der Waals surface area contributed by atoms with E-state index in [1.165, 1.54) is 38.5 Å². The Bertz CT molecular complexity index is 238. The third kappa shape index (κ3) is 2.95. The van der Waals surface area contributed by atoms with Crippen LogP contribution < -0.4 is 16.4 Å². The van der Waals surface area contributed by atoms with E-state index in [4.69, 9.17) is 5.73 Å². The van der Waals surface area contributed by atoms with Gasteiger partial charge in [-0.05, 0) is 38.1 Å². The summed E-state index contributed by atoms with van der Waals surface area (Å²) in [6.07, 6.45) is 7.70. The highest BCUT2D eigenvalue weighted by Gasteiger charge is 2.33. The van der Waals surface area contributed by atoms with Gasteiger partial charge in [-0.25, -0.2) is 0 Å². The Kier molecular flexibility index (Phi) is 4.18. The summed E-state index contributed by atoms with van der Waals surface area (Å²) in [4.78, 5) is 10.8. The van der Waals surface area contributed by atoms with Gasteiger partial charge in [0.15, 0.2) is 0 Å². The number of rotatable bonds is 4. The standard InChI is InChI=1S/C12H23N3O/c13-12(16)8-15-11-6-3-4-9(11)10-5-1-2-7-14-10/h9-11,14-15H,1-8H2,(H2,13,16). The van der Waals surface area contributed by atoms with Gasteiger partial charge in [-0.2, -0.15) is 0 Å². The maximum absolute atomic E-state index is 10.8. The predicted molar refractivity (Wildman–Crippen MR) is 64.0 cm³/mol. The Morgan fingerprint density at radius 1 is 1.25 bits per heavy atom. The Morgan fingerprint density at radius 3 is 2.81 bits per heavy atom. The first kappa shape index (κ1) is 11.9. The van der Waals surface area contributed by atoms with Crippen molar-refractivity contribution in [1.29, 1.82) is 0 Å². The molecule has 3 atom stereocenters. The fraction of sp³-hybridized carbons (Fsp3) is 0.917. The summed E-state index contributed by atoms with van der Waals surface area (Å²) < 4.78 is 0. The van der Waals surface area contributed by atoms with Gasteiger partial charge >= 0.3 is 0 Å². The van der Waals surface area contributed by atoms with Crippen LogP contribution in [0, 0.1) is 5.92 Å². The van der Waals surface area contributed by atoms with Gasteiger partial charge < -0.3 is 16.4 Å². The molecular formula is C12H23N3O. The molecule has 0 spiro atoms. The molecule has 0 aromatic rings. The Morgan fingerprint density at radius 2 is 2.12 bits per heavy atom. The van der Waals surface area contributed by atoms with Gasteiger partial charge in [0.25, 0.3) is 0 Å². The first-order valence-electron chi connectivity index (χ1n) is 6.52. The van der Waals surface area contributed by atoms with Gasteiger partial charge in [-0.1, -0.05) is 12.8 Å². The fourth-order valence-corrected chi connectivity index (χ4v) is 3.20. The third-order valence-corrected chi connectivity index (χ3v) is 3.97. The molecule has 0 aromatic heterocycles. The second kappa shape index (κ2) is 5.64. The van der Waals surface area contributed by atoms with Crippen molar-refractivity contribution in [3.63, 3.8) is 0 Å². The van der Waals surface area contributed by atoms with Gasteiger partial charge in [0.2, 0.25) is 5.91 Å². The summed E-state index contributed by atoms with van der Waals surface area (Å²) in [5.41, 5.74) is 5.18. The van der Waals surface area contributed by atoms with Crippen molar-refractivity contribution in [2.75, 3.05) is 13.1 Å². The van der Waals surface area contributed by atoms with Crippen LogP contribution in [0.3, 0.4) is 0 Å². The molecule has 2 rings (SSSR count). The molecule has 1 saturated carbocycles. The zero-order valence-electron chi connectivity index (χ0n) is 9.87. The molecule has 1 saturated heterocycles. The quantitative estimate of drug-likeness (QED) is 0.647. The van der Waals surface area contributed by atoms with Crippen molar-refractivity contribution >= 4 is 5.91 Å². The van der Waals surface area contributed by atoms with Crippen molar-refractivity contribution in [2.24, 2.45) is 11.7 Å². The van der Waals surface area contributed by atoms with E-state index in [1.807, 2.05) is 0 Å². The molecule has 1 amide bonds. The molecule has 4 N–H and O–H groups in total. The van der Waals surface area contributed by atoms with Crippen molar-refractivity contribution in [1.82, 2.24) is 10.6 Å². The number of nitrogens with one attached hydrogen (secondary N) is 2. The van der Waals surface area contributed by atoms with Gasteiger partial charge in [0.05, 0.1) is 6.54 Å². The minimum Gasteiger partial charge on any atom is -0.369 e. The van der Waals surface area contributed by atoms with E-state index in [1.54, 1.807) is 0 Å². The molecule has 0 bridgehead atoms. The van der Waals surface area contributed by atoms with Crippen LogP contribution in [0.4, 0.5) is 0 Å². The largest absolute Gasteiger partial charge is 0.369 e. The normalized spacial score (nSPS) is 35.1. The van der Waals surface area contributed by atoms with Gasteiger partial charge in [0.1, 0.15) is 0 Å². The maximum Gasteiger partial charge on any atom is 0.231 e. The lowest BCUT2D eigenvalue weighted by Crippen LogP contribution is -2.48. The molecule has 1 heterocycles. The molecular weight excluding hydrogens is 202 g/mol. The minimum atomic E-state index is -0.248. The Hall–Kier alpha value is -0.610. The third-order valence-electron chi connectivity index (χ3n) is 3.97. The van der Waals surface area contributed by atoms with E-state index in [2.05, 4.69) is 10.6 Å². The number of hydrogen-bond donors (Lipinski definition) is 3. The summed E-state index contributed by atoms with van der Waals surface area (Å²) in [7, 11) is 0. The second-order valence-electron chi connectivity index (χ2n) is 5.10. The summed E-state index contributed by atoms with van der Waals surface area (Å²) in [6.45, 7) is 1.48. The number of hydrogen-bond acceptors (Lipinski definition) is 3. The number of amides is 1. The molecule has 16 heavy (non-hydrogen) atoms. The monoisotopic (exact) mass is 225 g/mol. The number of primary amides is 1. The average molecular weight is 225 g/mol. The van der Waals surface area contributed by atoms with E-state index in [-0.39, 0.29) is 5.91 Å². The molecule has 0 radical (unpaired) electrons. The molecule has 1 aliphatic heterocycles. The van der Waals surface area contributed by atoms with E-state index in [0.29, 0.717) is 24.5 Å². The van der Waals surface area contributed by atoms with Crippen LogP contribution in [0.2, 0.25) is 0 Å². The molecule has 92 valence electrons. The van der Waals surface area contributed by atoms with Crippen LogP contribution in [-0.2, 0) is 4.79 Å². The van der Waals surface area contributed by atoms with E-state index < -0.39 is 0 Å². The first-order chi connectivity index (χ1) is 7.77. The van der Waals surface area contributed by atoms with E-state index in [0.717, 1.165) is 6.54 Å². The van der Waals surface area contributed by atoms with E-state index >= 15 is 0 Å². The van der Waals surface area contributed by atoms with Crippen LogP contribution >= 0.6 is 0 Å². The van der Waals surface area contributed by atoms with E-state index in [9.17, 15) is 4.79 Å². The highest BCUT2D eigenvalue weighted by molar-refractivity contribution is 5.75. The van der Waals surface area contributed by atoms with Crippen LogP contribution in [0.5, 0.6) is 0 Å². The summed E-state index contributed by atoms with van der Waals surface area (Å²) in [5, 5.41) is 6.94. The lowest BCUT2D eigenvalue weighted by Gasteiger charge is -2.33. The van der Waals surface area contributed by atoms with Crippen molar-refractivity contribution in [2.45, 2.75) is 50.6 Å². The molecule has 2 fully saturated rings. The van der Waals surface area contributed by atoms with Crippen LogP contribution in [0.1, 0.15) is 38.5 Å². The van der Waals surface area contributed by atoms with Gasteiger partial charge in [-0.15, -0.1) is 0 Å². The molecule has 1 aliphatic carbocycles. The smallest absolute Gasteiger partial charge is 0.231 e. The Labute approximate surface area is 97.3 Å². The molecule has 3 unspecified atom stereocenters. The summed E-state index contributed by atoms with van der Waals surface area (Å²) >= 11 is 0. The second-order valence-corrected chi connectivity index (χ2v) is 5.10. The zero-order chi connectivity index (χ0) is 11.4. The molecule has 0 aromatic carbocycles. The van der Waals surface area contributed by atoms with Gasteiger partial charge in [-0.3, -0.25) is 4.79 Å². The zero-order valence-corrected chi connectivity index (χ0v) is 9.87. The van der Waals surface area contributed by atoms with Crippen molar-refractivity contribution in [3.05, 3.63) is 0 Å². The number of carbonyl (C=O) groups is 1.